The van der Waals surface area contributed by atoms with Gasteiger partial charge in [-0.05, 0) is 19.1 Å². The van der Waals surface area contributed by atoms with Crippen molar-refractivity contribution in [2.24, 2.45) is 0 Å². The van der Waals surface area contributed by atoms with Gasteiger partial charge in [-0.25, -0.2) is 9.59 Å². The van der Waals surface area contributed by atoms with Crippen molar-refractivity contribution in [1.82, 2.24) is 0 Å². The van der Waals surface area contributed by atoms with Crippen LogP contribution >= 0.6 is 0 Å². The summed E-state index contributed by atoms with van der Waals surface area (Å²) in [4.78, 5) is 23.1. The van der Waals surface area contributed by atoms with Crippen molar-refractivity contribution in [2.75, 3.05) is 12.4 Å². The van der Waals surface area contributed by atoms with E-state index in [0.717, 1.165) is 12.1 Å². The topological polar surface area (TPSA) is 116 Å². The second-order valence-electron chi connectivity index (χ2n) is 5.96. The van der Waals surface area contributed by atoms with E-state index in [4.69, 9.17) is 14.0 Å². The molecule has 0 aliphatic carbocycles. The fourth-order valence-electron chi connectivity index (χ4n) is 1.91. The molecule has 0 bridgehead atoms. The van der Waals surface area contributed by atoms with E-state index in [1.165, 1.54) is 19.1 Å². The molecule has 1 rings (SSSR count). The largest absolute Gasteiger partial charge is 0.482 e. The van der Waals surface area contributed by atoms with Crippen molar-refractivity contribution >= 4 is 22.1 Å². The van der Waals surface area contributed by atoms with Crippen LogP contribution in [0.15, 0.2) is 36.4 Å². The smallest absolute Gasteiger partial charge is 0.438 e. The van der Waals surface area contributed by atoms with Gasteiger partial charge in [0, 0.05) is 11.6 Å². The molecule has 0 atom stereocenters. The zero-order valence-electron chi connectivity index (χ0n) is 15.4. The average Bonchev–Trinajstić information content (AvgIpc) is 2.56. The molecule has 8 nitrogen and oxygen atoms in total. The summed E-state index contributed by atoms with van der Waals surface area (Å²) < 4.78 is 122. The van der Waals surface area contributed by atoms with E-state index in [2.05, 4.69) is 11.3 Å². The molecule has 174 valence electrons. The van der Waals surface area contributed by atoms with Crippen molar-refractivity contribution in [1.29, 1.82) is 0 Å². The summed E-state index contributed by atoms with van der Waals surface area (Å²) >= 11 is 0. The molecular weight excluding hydrogens is 466 g/mol. The Kier molecular flexibility index (Phi) is 7.73. The number of ether oxygens (including phenoxy) is 3. The molecule has 0 aromatic heterocycles. The van der Waals surface area contributed by atoms with E-state index in [1.54, 1.807) is 0 Å². The van der Waals surface area contributed by atoms with E-state index >= 15 is 0 Å². The molecule has 0 radical (unpaired) electrons. The van der Waals surface area contributed by atoms with Crippen LogP contribution in [0.4, 0.5) is 26.3 Å². The van der Waals surface area contributed by atoms with E-state index < -0.39 is 52.4 Å². The highest BCUT2D eigenvalue weighted by Crippen LogP contribution is 2.46. The highest BCUT2D eigenvalue weighted by atomic mass is 32.2. The summed E-state index contributed by atoms with van der Waals surface area (Å²) in [6, 6.07) is 4.56. The van der Waals surface area contributed by atoms with Crippen LogP contribution in [-0.2, 0) is 24.4 Å². The molecule has 0 fully saturated rings. The second-order valence-corrected chi connectivity index (χ2v) is 7.41. The van der Waals surface area contributed by atoms with E-state index in [-0.39, 0.29) is 17.1 Å². The first-order chi connectivity index (χ1) is 13.9. The van der Waals surface area contributed by atoms with Gasteiger partial charge in [-0.15, -0.1) is 0 Å². The van der Waals surface area contributed by atoms with Gasteiger partial charge in [0.05, 0.1) is 0 Å². The Morgan fingerprint density at radius 1 is 1.06 bits per heavy atom. The molecule has 15 heteroatoms. The number of hydrogen-bond donors (Lipinski definition) is 1. The number of rotatable bonds is 8. The van der Waals surface area contributed by atoms with Gasteiger partial charge in [0.1, 0.15) is 17.3 Å². The summed E-state index contributed by atoms with van der Waals surface area (Å²) in [6.07, 6.45) is -12.9. The lowest BCUT2D eigenvalue weighted by molar-refractivity contribution is -0.361. The van der Waals surface area contributed by atoms with Crippen LogP contribution in [0, 0.1) is 0 Å². The molecular formula is C16H14F6O8S. The van der Waals surface area contributed by atoms with E-state index in [1.807, 2.05) is 0 Å². The summed E-state index contributed by atoms with van der Waals surface area (Å²) in [5.74, 6) is -6.57. The lowest BCUT2D eigenvalue weighted by atomic mass is 10.1. The molecule has 0 unspecified atom stereocenters. The number of halogens is 6. The van der Waals surface area contributed by atoms with Crippen LogP contribution in [0.3, 0.4) is 0 Å². The van der Waals surface area contributed by atoms with E-state index in [9.17, 15) is 44.3 Å². The zero-order chi connectivity index (χ0) is 24.3. The Labute approximate surface area is 171 Å². The lowest BCUT2D eigenvalue weighted by Gasteiger charge is -2.35. The molecule has 0 amide bonds. The predicted octanol–water partition coefficient (Wildman–Crippen LogP) is 2.84. The third-order valence-corrected chi connectivity index (χ3v) is 4.08. The Morgan fingerprint density at radius 2 is 1.58 bits per heavy atom. The Bertz CT molecular complexity index is 938. The normalized spacial score (nSPS) is 12.8. The number of hydrogen-bond acceptors (Lipinski definition) is 7. The van der Waals surface area contributed by atoms with Gasteiger partial charge in [0.2, 0.25) is 0 Å². The minimum atomic E-state index is -6.45. The Morgan fingerprint density at radius 3 is 2.03 bits per heavy atom. The minimum absolute atomic E-state index is 0.0179. The Balaban J connectivity index is 3.05. The maximum atomic E-state index is 13.1. The lowest BCUT2D eigenvalue weighted by Crippen LogP contribution is -2.63. The summed E-state index contributed by atoms with van der Waals surface area (Å²) in [5, 5.41) is 0. The minimum Gasteiger partial charge on any atom is -0.482 e. The highest BCUT2D eigenvalue weighted by molar-refractivity contribution is 7.85. The van der Waals surface area contributed by atoms with E-state index in [0.29, 0.717) is 0 Å². The number of carbonyl (C=O) groups excluding carboxylic acids is 2. The first kappa shape index (κ1) is 26.2. The number of carbonyl (C=O) groups is 2. The first-order valence-corrected chi connectivity index (χ1v) is 9.40. The van der Waals surface area contributed by atoms with Crippen molar-refractivity contribution < 1.29 is 63.1 Å². The van der Waals surface area contributed by atoms with Crippen molar-refractivity contribution in [3.63, 3.8) is 0 Å². The van der Waals surface area contributed by atoms with Gasteiger partial charge in [0.25, 0.3) is 10.1 Å². The van der Waals surface area contributed by atoms with Crippen LogP contribution < -0.4 is 9.47 Å². The summed E-state index contributed by atoms with van der Waals surface area (Å²) in [5.41, 5.74) is -5.52. The second kappa shape index (κ2) is 9.13. The highest BCUT2D eigenvalue weighted by Gasteiger charge is 2.75. The van der Waals surface area contributed by atoms with Gasteiger partial charge in [-0.1, -0.05) is 12.6 Å². The van der Waals surface area contributed by atoms with Crippen LogP contribution in [-0.4, -0.2) is 55.2 Å². The zero-order valence-corrected chi connectivity index (χ0v) is 16.2. The summed E-state index contributed by atoms with van der Waals surface area (Å²) in [7, 11) is -5.90. The van der Waals surface area contributed by atoms with Crippen molar-refractivity contribution in [3.05, 3.63) is 36.4 Å². The standard InChI is InChI=1S/C16H14F6O8S/c1-9(2)13(24)29-11-5-3-4-10(6-11)28-7-12(23)30-14(15(17,18)19,16(20,21)22)8-31(25,26)27/h3-6H,1,7-8H2,2H3,(H,25,26,27). The van der Waals surface area contributed by atoms with Gasteiger partial charge in [-0.3, -0.25) is 4.55 Å². The third-order valence-electron chi connectivity index (χ3n) is 3.31. The Hall–Kier alpha value is -2.81. The average molecular weight is 480 g/mol. The fourth-order valence-corrected chi connectivity index (χ4v) is 2.81. The molecule has 0 spiro atoms. The number of esters is 2. The van der Waals surface area contributed by atoms with Gasteiger partial charge in [0.15, 0.2) is 6.61 Å². The molecule has 0 saturated heterocycles. The molecule has 0 aliphatic heterocycles. The summed E-state index contributed by atoms with van der Waals surface area (Å²) in [6.45, 7) is 3.14. The number of benzene rings is 1. The maximum Gasteiger partial charge on any atom is 0.438 e. The van der Waals surface area contributed by atoms with Gasteiger partial charge < -0.3 is 14.2 Å². The number of alkyl halides is 6. The SMILES string of the molecule is C=C(C)C(=O)Oc1cccc(OCC(=O)OC(CS(=O)(=O)O)(C(F)(F)F)C(F)(F)F)c1. The quantitative estimate of drug-likeness (QED) is 0.199. The molecule has 0 aliphatic rings. The third kappa shape index (κ3) is 7.13. The maximum absolute atomic E-state index is 13.1. The van der Waals surface area contributed by atoms with Gasteiger partial charge >= 0.3 is 29.9 Å². The van der Waals surface area contributed by atoms with Crippen molar-refractivity contribution in [2.45, 2.75) is 24.9 Å². The molecule has 1 aromatic carbocycles. The predicted molar refractivity (Wildman–Crippen MR) is 89.7 cm³/mol. The first-order valence-electron chi connectivity index (χ1n) is 7.79. The monoisotopic (exact) mass is 480 g/mol. The molecule has 1 aromatic rings. The van der Waals surface area contributed by atoms with Gasteiger partial charge in [-0.2, -0.15) is 34.8 Å². The molecule has 1 N–H and O–H groups in total. The van der Waals surface area contributed by atoms with Crippen molar-refractivity contribution in [3.8, 4) is 11.5 Å². The molecule has 0 heterocycles. The molecule has 31 heavy (non-hydrogen) atoms. The van der Waals surface area contributed by atoms with Crippen LogP contribution in [0.2, 0.25) is 0 Å². The molecule has 0 saturated carbocycles. The van der Waals surface area contributed by atoms with Crippen LogP contribution in [0.25, 0.3) is 0 Å². The van der Waals surface area contributed by atoms with Crippen LogP contribution in [0.1, 0.15) is 6.92 Å². The fraction of sp³-hybridized carbons (Fsp3) is 0.375. The van der Waals surface area contributed by atoms with Crippen LogP contribution in [0.5, 0.6) is 11.5 Å².